The second kappa shape index (κ2) is 8.27. The summed E-state index contributed by atoms with van der Waals surface area (Å²) in [5.74, 6) is -0.559. The van der Waals surface area contributed by atoms with Gasteiger partial charge in [-0.25, -0.2) is 9.48 Å². The van der Waals surface area contributed by atoms with Crippen molar-refractivity contribution in [1.29, 1.82) is 0 Å². The van der Waals surface area contributed by atoms with Gasteiger partial charge in [0.05, 0.1) is 24.2 Å². The Bertz CT molecular complexity index is 934. The van der Waals surface area contributed by atoms with Gasteiger partial charge in [0.25, 0.3) is 5.91 Å². The lowest BCUT2D eigenvalue weighted by atomic mass is 10.2. The van der Waals surface area contributed by atoms with Crippen LogP contribution in [0.2, 0.25) is 0 Å². The van der Waals surface area contributed by atoms with Crippen LogP contribution in [-0.2, 0) is 11.3 Å². The molecule has 27 heavy (non-hydrogen) atoms. The van der Waals surface area contributed by atoms with Gasteiger partial charge in [-0.3, -0.25) is 9.78 Å². The maximum Gasteiger partial charge on any atom is 0.341 e. The van der Waals surface area contributed by atoms with Crippen LogP contribution in [0.1, 0.15) is 38.9 Å². The van der Waals surface area contributed by atoms with Crippen molar-refractivity contribution in [2.24, 2.45) is 0 Å². The van der Waals surface area contributed by atoms with Gasteiger partial charge in [0.15, 0.2) is 0 Å². The summed E-state index contributed by atoms with van der Waals surface area (Å²) < 4.78 is 6.67. The Balaban J connectivity index is 1.70. The average Bonchev–Trinajstić information content (AvgIpc) is 3.08. The van der Waals surface area contributed by atoms with Gasteiger partial charge in [0.1, 0.15) is 5.56 Å². The third kappa shape index (κ3) is 4.20. The highest BCUT2D eigenvalue weighted by Gasteiger charge is 2.16. The number of rotatable bonds is 6. The zero-order chi connectivity index (χ0) is 19.2. The molecule has 2 aromatic heterocycles. The first-order valence-electron chi connectivity index (χ1n) is 8.59. The van der Waals surface area contributed by atoms with Gasteiger partial charge in [0.2, 0.25) is 0 Å². The normalized spacial score (nSPS) is 10.4. The van der Waals surface area contributed by atoms with Crippen LogP contribution in [0.25, 0.3) is 5.69 Å². The molecule has 0 saturated heterocycles. The summed E-state index contributed by atoms with van der Waals surface area (Å²) in [5.41, 5.74) is 3.39. The van der Waals surface area contributed by atoms with Crippen molar-refractivity contribution in [2.45, 2.75) is 20.4 Å². The molecule has 2 heterocycles. The number of nitrogens with zero attached hydrogens (tertiary/aromatic N) is 3. The van der Waals surface area contributed by atoms with Gasteiger partial charge in [-0.15, -0.1) is 0 Å². The van der Waals surface area contributed by atoms with E-state index in [-0.39, 0.29) is 5.91 Å². The minimum atomic E-state index is -0.395. The van der Waals surface area contributed by atoms with Crippen LogP contribution >= 0.6 is 0 Å². The highest BCUT2D eigenvalue weighted by Crippen LogP contribution is 2.16. The van der Waals surface area contributed by atoms with Gasteiger partial charge in [0, 0.05) is 24.5 Å². The van der Waals surface area contributed by atoms with Crippen LogP contribution in [0.3, 0.4) is 0 Å². The molecule has 1 aromatic carbocycles. The second-order valence-corrected chi connectivity index (χ2v) is 5.86. The molecule has 0 bridgehead atoms. The molecule has 0 unspecified atom stereocenters. The molecule has 138 valence electrons. The number of esters is 1. The fourth-order valence-corrected chi connectivity index (χ4v) is 2.62. The summed E-state index contributed by atoms with van der Waals surface area (Å²) in [6, 6.07) is 10.7. The largest absolute Gasteiger partial charge is 0.462 e. The minimum Gasteiger partial charge on any atom is -0.462 e. The summed E-state index contributed by atoms with van der Waals surface area (Å²) in [6.07, 6.45) is 4.86. The molecule has 1 amide bonds. The van der Waals surface area contributed by atoms with Crippen LogP contribution in [0.15, 0.2) is 55.0 Å². The number of nitrogens with one attached hydrogen (secondary N) is 1. The summed E-state index contributed by atoms with van der Waals surface area (Å²) in [6.45, 7) is 4.31. The lowest BCUT2D eigenvalue weighted by Gasteiger charge is -2.08. The SMILES string of the molecule is CCOC(=O)c1cnn(-c2ccc(C(=O)NCc3ccncc3)cc2)c1C. The van der Waals surface area contributed by atoms with E-state index >= 15 is 0 Å². The molecule has 1 N–H and O–H groups in total. The first kappa shape index (κ1) is 18.3. The van der Waals surface area contributed by atoms with Gasteiger partial charge in [-0.2, -0.15) is 5.10 Å². The van der Waals surface area contributed by atoms with E-state index in [1.54, 1.807) is 55.2 Å². The van der Waals surface area contributed by atoms with Gasteiger partial charge < -0.3 is 10.1 Å². The number of hydrogen-bond donors (Lipinski definition) is 1. The third-order valence-corrected chi connectivity index (χ3v) is 4.08. The Morgan fingerprint density at radius 2 is 1.81 bits per heavy atom. The fourth-order valence-electron chi connectivity index (χ4n) is 2.62. The zero-order valence-corrected chi connectivity index (χ0v) is 15.2. The minimum absolute atomic E-state index is 0.164. The number of pyridine rings is 1. The van der Waals surface area contributed by atoms with Gasteiger partial charge in [-0.1, -0.05) is 0 Å². The lowest BCUT2D eigenvalue weighted by Crippen LogP contribution is -2.22. The number of benzene rings is 1. The summed E-state index contributed by atoms with van der Waals surface area (Å²) in [5, 5.41) is 7.12. The quantitative estimate of drug-likeness (QED) is 0.680. The Morgan fingerprint density at radius 1 is 1.11 bits per heavy atom. The third-order valence-electron chi connectivity index (χ3n) is 4.08. The monoisotopic (exact) mass is 364 g/mol. The topological polar surface area (TPSA) is 86.1 Å². The molecule has 0 spiro atoms. The second-order valence-electron chi connectivity index (χ2n) is 5.86. The van der Waals surface area contributed by atoms with E-state index in [1.807, 2.05) is 12.1 Å². The molecule has 0 aliphatic rings. The fraction of sp³-hybridized carbons (Fsp3) is 0.200. The predicted octanol–water partition coefficient (Wildman–Crippen LogP) is 2.68. The molecule has 0 saturated carbocycles. The van der Waals surface area contributed by atoms with E-state index in [1.165, 1.54) is 6.20 Å². The molecule has 3 rings (SSSR count). The maximum absolute atomic E-state index is 12.3. The first-order chi connectivity index (χ1) is 13.1. The summed E-state index contributed by atoms with van der Waals surface area (Å²) >= 11 is 0. The number of carbonyl (C=O) groups is 2. The van der Waals surface area contributed by atoms with E-state index in [4.69, 9.17) is 4.74 Å². The smallest absolute Gasteiger partial charge is 0.341 e. The van der Waals surface area contributed by atoms with Crippen molar-refractivity contribution in [1.82, 2.24) is 20.1 Å². The number of aromatic nitrogens is 3. The van der Waals surface area contributed by atoms with Crippen LogP contribution in [0, 0.1) is 6.92 Å². The van der Waals surface area contributed by atoms with Crippen LogP contribution in [-0.4, -0.2) is 33.2 Å². The molecular formula is C20H20N4O3. The zero-order valence-electron chi connectivity index (χ0n) is 15.2. The lowest BCUT2D eigenvalue weighted by molar-refractivity contribution is 0.0525. The van der Waals surface area contributed by atoms with Crippen molar-refractivity contribution in [3.8, 4) is 5.69 Å². The summed E-state index contributed by atoms with van der Waals surface area (Å²) in [4.78, 5) is 28.1. The molecular weight excluding hydrogens is 344 g/mol. The Hall–Kier alpha value is -3.48. The van der Waals surface area contributed by atoms with Crippen LogP contribution < -0.4 is 5.32 Å². The van der Waals surface area contributed by atoms with E-state index < -0.39 is 5.97 Å². The Labute approximate surface area is 157 Å². The molecule has 0 aliphatic heterocycles. The van der Waals surface area contributed by atoms with E-state index in [9.17, 15) is 9.59 Å². The van der Waals surface area contributed by atoms with Crippen molar-refractivity contribution < 1.29 is 14.3 Å². The summed E-state index contributed by atoms with van der Waals surface area (Å²) in [7, 11) is 0. The van der Waals surface area contributed by atoms with E-state index in [2.05, 4.69) is 15.4 Å². The molecule has 0 radical (unpaired) electrons. The van der Waals surface area contributed by atoms with Gasteiger partial charge in [-0.05, 0) is 55.8 Å². The molecule has 0 fully saturated rings. The predicted molar refractivity (Wildman–Crippen MR) is 99.7 cm³/mol. The number of hydrogen-bond acceptors (Lipinski definition) is 5. The number of amides is 1. The van der Waals surface area contributed by atoms with E-state index in [0.29, 0.717) is 30.0 Å². The molecule has 7 nitrogen and oxygen atoms in total. The van der Waals surface area contributed by atoms with Crippen molar-refractivity contribution in [3.63, 3.8) is 0 Å². The Kier molecular flexibility index (Phi) is 5.61. The number of carbonyl (C=O) groups excluding carboxylic acids is 2. The van der Waals surface area contributed by atoms with Crippen LogP contribution in [0.4, 0.5) is 0 Å². The van der Waals surface area contributed by atoms with E-state index in [0.717, 1.165) is 11.3 Å². The molecule has 3 aromatic rings. The molecule has 0 aliphatic carbocycles. The van der Waals surface area contributed by atoms with Gasteiger partial charge >= 0.3 is 5.97 Å². The Morgan fingerprint density at radius 3 is 2.48 bits per heavy atom. The first-order valence-corrected chi connectivity index (χ1v) is 8.59. The standard InChI is InChI=1S/C20H20N4O3/c1-3-27-20(26)18-13-23-24(14(18)2)17-6-4-16(5-7-17)19(25)22-12-15-8-10-21-11-9-15/h4-11,13H,3,12H2,1-2H3,(H,22,25). The highest BCUT2D eigenvalue weighted by molar-refractivity contribution is 5.94. The molecule has 0 atom stereocenters. The van der Waals surface area contributed by atoms with Crippen molar-refractivity contribution in [2.75, 3.05) is 6.61 Å². The molecule has 7 heteroatoms. The number of ether oxygens (including phenoxy) is 1. The maximum atomic E-state index is 12.3. The van der Waals surface area contributed by atoms with Crippen LogP contribution in [0.5, 0.6) is 0 Å². The average molecular weight is 364 g/mol. The van der Waals surface area contributed by atoms with Crippen molar-refractivity contribution in [3.05, 3.63) is 77.4 Å². The highest BCUT2D eigenvalue weighted by atomic mass is 16.5. The van der Waals surface area contributed by atoms with Crippen molar-refractivity contribution >= 4 is 11.9 Å².